The zero-order chi connectivity index (χ0) is 16.8. The lowest BCUT2D eigenvalue weighted by Gasteiger charge is -2.08. The van der Waals surface area contributed by atoms with Crippen LogP contribution in [0.2, 0.25) is 0 Å². The zero-order valence-corrected chi connectivity index (χ0v) is 14.0. The van der Waals surface area contributed by atoms with E-state index in [9.17, 15) is 4.79 Å². The fourth-order valence-corrected chi connectivity index (χ4v) is 2.86. The Bertz CT molecular complexity index is 775. The topological polar surface area (TPSA) is 63.1 Å². The van der Waals surface area contributed by atoms with Crippen molar-refractivity contribution in [2.24, 2.45) is 10.2 Å². The molecule has 0 radical (unpaired) electrons. The van der Waals surface area contributed by atoms with E-state index in [1.54, 1.807) is 6.21 Å². The Morgan fingerprint density at radius 1 is 1.17 bits per heavy atom. The third kappa shape index (κ3) is 4.23. The highest BCUT2D eigenvalue weighted by atomic mass is 32.2. The Labute approximate surface area is 144 Å². The normalized spacial score (nSPS) is 19.0. The van der Waals surface area contributed by atoms with Crippen LogP contribution in [0.1, 0.15) is 18.1 Å². The van der Waals surface area contributed by atoms with Crippen molar-refractivity contribution in [3.8, 4) is 5.75 Å². The molecule has 1 atom stereocenters. The van der Waals surface area contributed by atoms with Crippen LogP contribution in [-0.2, 0) is 11.4 Å². The van der Waals surface area contributed by atoms with E-state index in [-0.39, 0.29) is 11.2 Å². The number of carbonyl (C=O) groups excluding carboxylic acids is 1. The minimum Gasteiger partial charge on any atom is -0.488 e. The number of hydrogen-bond donors (Lipinski definition) is 1. The molecule has 1 aliphatic heterocycles. The molecular formula is C18H17N3O2S. The summed E-state index contributed by atoms with van der Waals surface area (Å²) < 4.78 is 5.87. The quantitative estimate of drug-likeness (QED) is 0.672. The van der Waals surface area contributed by atoms with Crippen LogP contribution in [-0.4, -0.2) is 22.5 Å². The van der Waals surface area contributed by atoms with E-state index in [4.69, 9.17) is 4.74 Å². The molecule has 2 aromatic carbocycles. The van der Waals surface area contributed by atoms with Crippen molar-refractivity contribution in [3.63, 3.8) is 0 Å². The first-order valence-corrected chi connectivity index (χ1v) is 8.44. The summed E-state index contributed by atoms with van der Waals surface area (Å²) in [5.41, 5.74) is 1.93. The number of rotatable bonds is 5. The van der Waals surface area contributed by atoms with Crippen LogP contribution in [0.5, 0.6) is 5.75 Å². The van der Waals surface area contributed by atoms with Gasteiger partial charge in [0.25, 0.3) is 0 Å². The van der Waals surface area contributed by atoms with Crippen molar-refractivity contribution in [3.05, 3.63) is 65.7 Å². The van der Waals surface area contributed by atoms with Crippen molar-refractivity contribution in [2.75, 3.05) is 0 Å². The van der Waals surface area contributed by atoms with Gasteiger partial charge in [0.2, 0.25) is 5.91 Å². The van der Waals surface area contributed by atoms with Gasteiger partial charge in [-0.2, -0.15) is 5.10 Å². The van der Waals surface area contributed by atoms with Crippen LogP contribution in [0.3, 0.4) is 0 Å². The van der Waals surface area contributed by atoms with Gasteiger partial charge in [0, 0.05) is 5.56 Å². The van der Waals surface area contributed by atoms with Gasteiger partial charge in [0.05, 0.1) is 11.5 Å². The highest BCUT2D eigenvalue weighted by molar-refractivity contribution is 8.15. The summed E-state index contributed by atoms with van der Waals surface area (Å²) in [5.74, 6) is 0.697. The smallest absolute Gasteiger partial charge is 0.239 e. The van der Waals surface area contributed by atoms with E-state index in [0.717, 1.165) is 16.9 Å². The van der Waals surface area contributed by atoms with E-state index in [1.807, 2.05) is 61.5 Å². The molecule has 1 N–H and O–H groups in total. The summed E-state index contributed by atoms with van der Waals surface area (Å²) in [6.07, 6.45) is 1.63. The van der Waals surface area contributed by atoms with Crippen molar-refractivity contribution in [1.82, 2.24) is 5.32 Å². The molecule has 1 unspecified atom stereocenters. The first-order chi connectivity index (χ1) is 11.7. The van der Waals surface area contributed by atoms with Crippen molar-refractivity contribution in [1.29, 1.82) is 0 Å². The van der Waals surface area contributed by atoms with Gasteiger partial charge >= 0.3 is 0 Å². The van der Waals surface area contributed by atoms with Crippen LogP contribution < -0.4 is 10.1 Å². The maximum Gasteiger partial charge on any atom is 0.239 e. The van der Waals surface area contributed by atoms with Gasteiger partial charge in [0.15, 0.2) is 5.17 Å². The van der Waals surface area contributed by atoms with Gasteiger partial charge in [-0.3, -0.25) is 4.79 Å². The number of amidine groups is 1. The zero-order valence-electron chi connectivity index (χ0n) is 13.2. The number of benzene rings is 2. The number of ether oxygens (including phenoxy) is 1. The molecule has 24 heavy (non-hydrogen) atoms. The van der Waals surface area contributed by atoms with Gasteiger partial charge in [-0.05, 0) is 24.6 Å². The lowest BCUT2D eigenvalue weighted by molar-refractivity contribution is -0.118. The SMILES string of the molecule is CC1S/C(=N\N=C\c2ccccc2OCc2ccccc2)NC1=O. The second kappa shape index (κ2) is 7.79. The molecular weight excluding hydrogens is 322 g/mol. The van der Waals surface area contributed by atoms with E-state index >= 15 is 0 Å². The molecule has 1 amide bonds. The Kier molecular flexibility index (Phi) is 5.28. The summed E-state index contributed by atoms with van der Waals surface area (Å²) in [6.45, 7) is 2.32. The lowest BCUT2D eigenvalue weighted by atomic mass is 10.2. The van der Waals surface area contributed by atoms with Gasteiger partial charge in [-0.1, -0.05) is 54.2 Å². The summed E-state index contributed by atoms with van der Waals surface area (Å²) in [7, 11) is 0. The highest BCUT2D eigenvalue weighted by Crippen LogP contribution is 2.19. The average molecular weight is 339 g/mol. The maximum atomic E-state index is 11.4. The van der Waals surface area contributed by atoms with Gasteiger partial charge in [0.1, 0.15) is 12.4 Å². The van der Waals surface area contributed by atoms with Crippen LogP contribution in [0.4, 0.5) is 0 Å². The molecule has 0 aliphatic carbocycles. The van der Waals surface area contributed by atoms with E-state index in [1.165, 1.54) is 11.8 Å². The monoisotopic (exact) mass is 339 g/mol. The minimum absolute atomic E-state index is 0.0412. The Hall–Kier alpha value is -2.60. The number of nitrogens with zero attached hydrogens (tertiary/aromatic N) is 2. The third-order valence-corrected chi connectivity index (χ3v) is 4.36. The number of carbonyl (C=O) groups is 1. The second-order valence-electron chi connectivity index (χ2n) is 5.21. The second-order valence-corrected chi connectivity index (χ2v) is 6.54. The average Bonchev–Trinajstić information content (AvgIpc) is 2.93. The van der Waals surface area contributed by atoms with Crippen molar-refractivity contribution in [2.45, 2.75) is 18.8 Å². The lowest BCUT2D eigenvalue weighted by Crippen LogP contribution is -2.23. The van der Waals surface area contributed by atoms with Crippen LogP contribution in [0.25, 0.3) is 0 Å². The Balaban J connectivity index is 1.67. The van der Waals surface area contributed by atoms with E-state index < -0.39 is 0 Å². The van der Waals surface area contributed by atoms with Gasteiger partial charge < -0.3 is 10.1 Å². The summed E-state index contributed by atoms with van der Waals surface area (Å²) in [6, 6.07) is 17.6. The van der Waals surface area contributed by atoms with Gasteiger partial charge in [-0.25, -0.2) is 0 Å². The summed E-state index contributed by atoms with van der Waals surface area (Å²) in [5, 5.41) is 11.2. The van der Waals surface area contributed by atoms with Gasteiger partial charge in [-0.15, -0.1) is 5.10 Å². The molecule has 2 aromatic rings. The van der Waals surface area contributed by atoms with Crippen LogP contribution in [0.15, 0.2) is 64.8 Å². The molecule has 1 heterocycles. The molecule has 1 aliphatic rings. The number of amides is 1. The molecule has 1 saturated heterocycles. The Morgan fingerprint density at radius 3 is 2.67 bits per heavy atom. The predicted molar refractivity (Wildman–Crippen MR) is 97.4 cm³/mol. The van der Waals surface area contributed by atoms with E-state index in [2.05, 4.69) is 15.5 Å². The maximum absolute atomic E-state index is 11.4. The third-order valence-electron chi connectivity index (χ3n) is 3.39. The molecule has 6 heteroatoms. The molecule has 3 rings (SSSR count). The van der Waals surface area contributed by atoms with Crippen molar-refractivity contribution >= 4 is 29.1 Å². The Morgan fingerprint density at radius 2 is 1.92 bits per heavy atom. The van der Waals surface area contributed by atoms with Crippen LogP contribution >= 0.6 is 11.8 Å². The number of hydrogen-bond acceptors (Lipinski definition) is 5. The largest absolute Gasteiger partial charge is 0.488 e. The fourth-order valence-electron chi connectivity index (χ4n) is 2.10. The molecule has 1 fully saturated rings. The summed E-state index contributed by atoms with van der Waals surface area (Å²) in [4.78, 5) is 11.4. The molecule has 122 valence electrons. The first-order valence-electron chi connectivity index (χ1n) is 7.56. The molecule has 5 nitrogen and oxygen atoms in total. The highest BCUT2D eigenvalue weighted by Gasteiger charge is 2.25. The van der Waals surface area contributed by atoms with E-state index in [0.29, 0.717) is 11.8 Å². The number of thioether (sulfide) groups is 1. The molecule has 0 bridgehead atoms. The standard InChI is InChI=1S/C18H17N3O2S/c1-13-17(22)20-18(24-13)21-19-11-15-9-5-6-10-16(15)23-12-14-7-3-2-4-8-14/h2-11,13H,12H2,1H3,(H,20,21,22)/b19-11+. The molecule has 0 aromatic heterocycles. The van der Waals surface area contributed by atoms with Crippen molar-refractivity contribution < 1.29 is 9.53 Å². The van der Waals surface area contributed by atoms with Crippen LogP contribution in [0, 0.1) is 0 Å². The summed E-state index contributed by atoms with van der Waals surface area (Å²) >= 11 is 1.36. The minimum atomic E-state index is -0.125. The molecule has 0 spiro atoms. The predicted octanol–water partition coefficient (Wildman–Crippen LogP) is 3.21. The first kappa shape index (κ1) is 16.3. The fraction of sp³-hybridized carbons (Fsp3) is 0.167. The molecule has 0 saturated carbocycles. The number of nitrogens with one attached hydrogen (secondary N) is 1. The number of para-hydroxylation sites is 1.